The summed E-state index contributed by atoms with van der Waals surface area (Å²) in [6, 6.07) is 22.8. The van der Waals surface area contributed by atoms with Crippen molar-refractivity contribution in [3.05, 3.63) is 111 Å². The molecule has 0 saturated carbocycles. The molecule has 38 heavy (non-hydrogen) atoms. The Kier molecular flexibility index (Phi) is 6.83. The van der Waals surface area contributed by atoms with Gasteiger partial charge in [-0.15, -0.1) is 0 Å². The average Bonchev–Trinajstić information content (AvgIpc) is 2.92. The van der Waals surface area contributed by atoms with Gasteiger partial charge in [-0.3, -0.25) is 0 Å². The number of nitrogens with zero attached hydrogens (tertiary/aromatic N) is 1. The summed E-state index contributed by atoms with van der Waals surface area (Å²) in [6.45, 7) is 2.73. The van der Waals surface area contributed by atoms with Gasteiger partial charge in [0.15, 0.2) is 0 Å². The van der Waals surface area contributed by atoms with E-state index in [0.717, 1.165) is 24.2 Å². The van der Waals surface area contributed by atoms with E-state index in [1.807, 2.05) is 24.3 Å². The zero-order valence-electron chi connectivity index (χ0n) is 20.6. The van der Waals surface area contributed by atoms with E-state index < -0.39 is 17.5 Å². The van der Waals surface area contributed by atoms with Crippen LogP contribution in [0.1, 0.15) is 47.2 Å². The minimum absolute atomic E-state index is 0.0353. The Morgan fingerprint density at radius 1 is 1.05 bits per heavy atom. The van der Waals surface area contributed by atoms with Crippen LogP contribution >= 0.6 is 0 Å². The summed E-state index contributed by atoms with van der Waals surface area (Å²) in [5.74, 6) is -0.154. The van der Waals surface area contributed by atoms with Crippen molar-refractivity contribution in [3.8, 4) is 23.3 Å². The number of carbonyl (C=O) groups excluding carboxylic acids is 1. The van der Waals surface area contributed by atoms with Gasteiger partial charge in [0.1, 0.15) is 40.0 Å². The molecule has 0 saturated heterocycles. The molecule has 4 aromatic rings. The Morgan fingerprint density at radius 3 is 2.58 bits per heavy atom. The van der Waals surface area contributed by atoms with E-state index >= 15 is 0 Å². The lowest BCUT2D eigenvalue weighted by atomic mass is 9.83. The smallest absolute Gasteiger partial charge is 0.351 e. The molecule has 190 valence electrons. The maximum Gasteiger partial charge on any atom is 0.351 e. The zero-order valence-corrected chi connectivity index (χ0v) is 20.6. The fourth-order valence-electron chi connectivity index (χ4n) is 4.30. The number of esters is 1. The third kappa shape index (κ3) is 4.82. The Morgan fingerprint density at radius 2 is 1.82 bits per heavy atom. The molecule has 2 heterocycles. The maximum absolute atomic E-state index is 12.8. The fraction of sp³-hybridized carbons (Fsp3) is 0.167. The van der Waals surface area contributed by atoms with Crippen molar-refractivity contribution in [2.24, 2.45) is 5.73 Å². The molecule has 8 heteroatoms. The molecule has 1 atom stereocenters. The highest BCUT2D eigenvalue weighted by molar-refractivity contribution is 5.94. The predicted octanol–water partition coefficient (Wildman–Crippen LogP) is 5.41. The molecular formula is C30H24N2O6. The van der Waals surface area contributed by atoms with Gasteiger partial charge in [-0.2, -0.15) is 5.26 Å². The molecule has 8 nitrogen and oxygen atoms in total. The van der Waals surface area contributed by atoms with Crippen LogP contribution in [0.5, 0.6) is 17.2 Å². The second-order valence-corrected chi connectivity index (χ2v) is 8.77. The Balaban J connectivity index is 1.43. The minimum atomic E-state index is -0.864. The SMILES string of the molecule is CCCCOc1ccc(C2C(C#N)=C(N)Oc3cc(OC(=O)c4cc5ccccc5oc4=O)ccc32)cc1. The molecule has 3 aromatic carbocycles. The Labute approximate surface area is 218 Å². The van der Waals surface area contributed by atoms with E-state index in [1.54, 1.807) is 36.4 Å². The van der Waals surface area contributed by atoms with Gasteiger partial charge < -0.3 is 24.4 Å². The van der Waals surface area contributed by atoms with Crippen molar-refractivity contribution in [1.29, 1.82) is 5.26 Å². The van der Waals surface area contributed by atoms with Crippen molar-refractivity contribution in [2.45, 2.75) is 25.7 Å². The standard InChI is InChI=1S/C30H24N2O6/c1-2-3-14-35-20-10-8-18(9-11-20)27-22-13-12-21(16-26(22)37-28(32)24(27)17-31)36-29(33)23-15-19-6-4-5-7-25(19)38-30(23)34/h4-13,15-16,27H,2-3,14,32H2,1H3. The number of fused-ring (bicyclic) bond motifs is 2. The number of carbonyl (C=O) groups is 1. The molecule has 0 spiro atoms. The van der Waals surface area contributed by atoms with Gasteiger partial charge in [0.05, 0.1) is 12.5 Å². The van der Waals surface area contributed by atoms with Crippen LogP contribution in [0.15, 0.2) is 93.5 Å². The summed E-state index contributed by atoms with van der Waals surface area (Å²) in [7, 11) is 0. The minimum Gasteiger partial charge on any atom is -0.494 e. The second-order valence-electron chi connectivity index (χ2n) is 8.77. The van der Waals surface area contributed by atoms with Gasteiger partial charge in [-0.05, 0) is 42.3 Å². The highest BCUT2D eigenvalue weighted by Crippen LogP contribution is 2.43. The first-order chi connectivity index (χ1) is 18.5. The van der Waals surface area contributed by atoms with Crippen LogP contribution in [0.4, 0.5) is 0 Å². The van der Waals surface area contributed by atoms with E-state index in [1.165, 1.54) is 12.1 Å². The number of rotatable bonds is 7. The van der Waals surface area contributed by atoms with Crippen molar-refractivity contribution >= 4 is 16.9 Å². The zero-order chi connectivity index (χ0) is 26.6. The first kappa shape index (κ1) is 24.7. The summed E-state index contributed by atoms with van der Waals surface area (Å²) in [5.41, 5.74) is 7.24. The van der Waals surface area contributed by atoms with Gasteiger partial charge in [-0.1, -0.05) is 49.7 Å². The van der Waals surface area contributed by atoms with Crippen molar-refractivity contribution in [2.75, 3.05) is 6.61 Å². The quantitative estimate of drug-likeness (QED) is 0.152. The molecular weight excluding hydrogens is 484 g/mol. The summed E-state index contributed by atoms with van der Waals surface area (Å²) in [5, 5.41) is 10.4. The Bertz CT molecular complexity index is 1650. The summed E-state index contributed by atoms with van der Waals surface area (Å²) >= 11 is 0. The first-order valence-electron chi connectivity index (χ1n) is 12.2. The first-order valence-corrected chi connectivity index (χ1v) is 12.2. The van der Waals surface area contributed by atoms with Crippen LogP contribution in [0.2, 0.25) is 0 Å². The number of allylic oxidation sites excluding steroid dienone is 1. The van der Waals surface area contributed by atoms with E-state index in [-0.39, 0.29) is 22.8 Å². The number of hydrogen-bond donors (Lipinski definition) is 1. The number of para-hydroxylation sites is 1. The number of unbranched alkanes of at least 4 members (excludes halogenated alkanes) is 1. The molecule has 1 aliphatic rings. The van der Waals surface area contributed by atoms with Gasteiger partial charge in [-0.25, -0.2) is 9.59 Å². The van der Waals surface area contributed by atoms with E-state index in [2.05, 4.69) is 13.0 Å². The largest absolute Gasteiger partial charge is 0.494 e. The lowest BCUT2D eigenvalue weighted by Crippen LogP contribution is -2.21. The topological polar surface area (TPSA) is 125 Å². The van der Waals surface area contributed by atoms with Gasteiger partial charge >= 0.3 is 11.6 Å². The molecule has 1 unspecified atom stereocenters. The van der Waals surface area contributed by atoms with Crippen LogP contribution < -0.4 is 25.6 Å². The number of nitrogens with two attached hydrogens (primary N) is 1. The van der Waals surface area contributed by atoms with Crippen molar-refractivity contribution in [3.63, 3.8) is 0 Å². The molecule has 0 bridgehead atoms. The van der Waals surface area contributed by atoms with Gasteiger partial charge in [0.2, 0.25) is 5.88 Å². The molecule has 0 fully saturated rings. The van der Waals surface area contributed by atoms with Crippen LogP contribution in [0.25, 0.3) is 11.0 Å². The second kappa shape index (κ2) is 10.5. The molecule has 0 amide bonds. The van der Waals surface area contributed by atoms with Crippen molar-refractivity contribution < 1.29 is 23.4 Å². The normalized spacial score (nSPS) is 14.4. The third-order valence-electron chi connectivity index (χ3n) is 6.24. The molecule has 2 N–H and O–H groups in total. The number of ether oxygens (including phenoxy) is 3. The number of nitriles is 1. The highest BCUT2D eigenvalue weighted by Gasteiger charge is 2.31. The molecule has 0 radical (unpaired) electrons. The molecule has 1 aliphatic heterocycles. The maximum atomic E-state index is 12.8. The van der Waals surface area contributed by atoms with Crippen molar-refractivity contribution in [1.82, 2.24) is 0 Å². The van der Waals surface area contributed by atoms with Crippen LogP contribution in [-0.4, -0.2) is 12.6 Å². The predicted molar refractivity (Wildman–Crippen MR) is 140 cm³/mol. The van der Waals surface area contributed by atoms with Gasteiger partial charge in [0, 0.05) is 17.0 Å². The lowest BCUT2D eigenvalue weighted by molar-refractivity contribution is 0.0730. The summed E-state index contributed by atoms with van der Waals surface area (Å²) < 4.78 is 22.2. The van der Waals surface area contributed by atoms with Gasteiger partial charge in [0.25, 0.3) is 0 Å². The van der Waals surface area contributed by atoms with E-state index in [9.17, 15) is 14.9 Å². The average molecular weight is 509 g/mol. The van der Waals surface area contributed by atoms with E-state index in [4.69, 9.17) is 24.4 Å². The molecule has 0 aliphatic carbocycles. The Hall–Kier alpha value is -5.03. The van der Waals surface area contributed by atoms with Crippen LogP contribution in [0.3, 0.4) is 0 Å². The monoisotopic (exact) mass is 508 g/mol. The van der Waals surface area contributed by atoms with Crippen LogP contribution in [-0.2, 0) is 0 Å². The van der Waals surface area contributed by atoms with E-state index in [0.29, 0.717) is 28.9 Å². The fourth-order valence-corrected chi connectivity index (χ4v) is 4.30. The molecule has 1 aromatic heterocycles. The van der Waals surface area contributed by atoms with Crippen LogP contribution in [0, 0.1) is 11.3 Å². The highest BCUT2D eigenvalue weighted by atomic mass is 16.5. The number of benzene rings is 3. The summed E-state index contributed by atoms with van der Waals surface area (Å²) in [6.07, 6.45) is 2.01. The lowest BCUT2D eigenvalue weighted by Gasteiger charge is -2.26. The molecule has 5 rings (SSSR count). The third-order valence-corrected chi connectivity index (χ3v) is 6.24. The number of hydrogen-bond acceptors (Lipinski definition) is 8. The summed E-state index contributed by atoms with van der Waals surface area (Å²) in [4.78, 5) is 25.2.